The Morgan fingerprint density at radius 1 is 1.22 bits per heavy atom. The Labute approximate surface area is 208 Å². The molecule has 3 aromatic rings. The number of hydrogen-bond donors (Lipinski definition) is 2. The molecule has 3 fully saturated rings. The average molecular weight is 489 g/mol. The van der Waals surface area contributed by atoms with Crippen LogP contribution in [0.15, 0.2) is 24.7 Å². The second kappa shape index (κ2) is 8.78. The molecule has 2 unspecified atom stereocenters. The van der Waals surface area contributed by atoms with Crippen LogP contribution in [0.5, 0.6) is 0 Å². The zero-order valence-corrected chi connectivity index (χ0v) is 20.4. The second-order valence-electron chi connectivity index (χ2n) is 10.7. The van der Waals surface area contributed by atoms with Crippen molar-refractivity contribution in [2.24, 2.45) is 0 Å². The van der Waals surface area contributed by atoms with Crippen molar-refractivity contribution < 1.29 is 4.39 Å². The normalized spacial score (nSPS) is 23.2. The van der Waals surface area contributed by atoms with Gasteiger partial charge in [-0.2, -0.15) is 10.2 Å². The molecule has 1 aromatic carbocycles. The van der Waals surface area contributed by atoms with Crippen LogP contribution in [0.4, 0.5) is 21.8 Å². The smallest absolute Gasteiger partial charge is 0.229 e. The third-order valence-electron chi connectivity index (χ3n) is 7.68. The third kappa shape index (κ3) is 4.26. The van der Waals surface area contributed by atoms with Crippen LogP contribution in [0.25, 0.3) is 5.69 Å². The number of piperidine rings is 1. The molecule has 2 N–H and O–H groups in total. The summed E-state index contributed by atoms with van der Waals surface area (Å²) in [6.45, 7) is 5.72. The van der Waals surface area contributed by atoms with Gasteiger partial charge in [-0.15, -0.1) is 5.10 Å². The summed E-state index contributed by atoms with van der Waals surface area (Å²) < 4.78 is 16.7. The molecular formula is C25H29FN10. The molecule has 4 heterocycles. The highest BCUT2D eigenvalue weighted by Crippen LogP contribution is 2.44. The van der Waals surface area contributed by atoms with Crippen LogP contribution >= 0.6 is 0 Å². The summed E-state index contributed by atoms with van der Waals surface area (Å²) in [5.74, 6) is 0.601. The highest BCUT2D eigenvalue weighted by Gasteiger charge is 2.43. The van der Waals surface area contributed by atoms with E-state index in [9.17, 15) is 5.26 Å². The molecule has 1 aliphatic carbocycles. The predicted molar refractivity (Wildman–Crippen MR) is 132 cm³/mol. The number of fused-ring (bicyclic) bond motifs is 1. The van der Waals surface area contributed by atoms with Crippen molar-refractivity contribution in [2.75, 3.05) is 17.2 Å². The number of halogens is 1. The molecule has 2 atom stereocenters. The van der Waals surface area contributed by atoms with Crippen LogP contribution < -0.4 is 10.6 Å². The van der Waals surface area contributed by atoms with Gasteiger partial charge in [0.25, 0.3) is 0 Å². The first-order valence-electron chi connectivity index (χ1n) is 12.6. The van der Waals surface area contributed by atoms with Crippen LogP contribution in [-0.4, -0.2) is 59.2 Å². The molecule has 2 aromatic heterocycles. The Kier molecular flexibility index (Phi) is 5.56. The second-order valence-corrected chi connectivity index (χ2v) is 10.7. The van der Waals surface area contributed by atoms with Crippen molar-refractivity contribution in [1.29, 1.82) is 5.26 Å². The number of benzene rings is 1. The molecule has 11 heteroatoms. The van der Waals surface area contributed by atoms with Gasteiger partial charge in [0.15, 0.2) is 0 Å². The van der Waals surface area contributed by atoms with Crippen molar-refractivity contribution in [3.8, 4) is 11.8 Å². The highest BCUT2D eigenvalue weighted by atomic mass is 19.1. The lowest BCUT2D eigenvalue weighted by Gasteiger charge is -2.47. The van der Waals surface area contributed by atoms with E-state index in [4.69, 9.17) is 0 Å². The van der Waals surface area contributed by atoms with E-state index in [1.165, 1.54) is 31.4 Å². The van der Waals surface area contributed by atoms with Gasteiger partial charge in [0, 0.05) is 17.6 Å². The Morgan fingerprint density at radius 2 is 2.08 bits per heavy atom. The van der Waals surface area contributed by atoms with Gasteiger partial charge in [-0.1, -0.05) is 0 Å². The monoisotopic (exact) mass is 488 g/mol. The summed E-state index contributed by atoms with van der Waals surface area (Å²) in [5, 5.41) is 27.6. The molecule has 10 nitrogen and oxygen atoms in total. The van der Waals surface area contributed by atoms with E-state index in [-0.39, 0.29) is 23.2 Å². The topological polar surface area (TPSA) is 120 Å². The molecule has 0 amide bonds. The Bertz CT molecular complexity index is 1310. The maximum absolute atomic E-state index is 15.1. The predicted octanol–water partition coefficient (Wildman–Crippen LogP) is 3.90. The lowest BCUT2D eigenvalue weighted by molar-refractivity contribution is 0.0501. The molecule has 36 heavy (non-hydrogen) atoms. The standard InChI is InChI=1S/C25H29FN10/c1-25(2)11-17(8-18-4-3-7-35(18)25)30-23-16(12-27)13-28-24(32-23)31-21-10-22(36-14-29-33-34-36)19(9-20(21)26)15-5-6-15/h9-10,13-15,17-18H,3-8,11H2,1-2H3,(H2,28,30,31,32). The molecule has 6 rings (SSSR count). The van der Waals surface area contributed by atoms with Crippen LogP contribution in [-0.2, 0) is 0 Å². The minimum Gasteiger partial charge on any atom is -0.366 e. The first-order chi connectivity index (χ1) is 17.4. The number of aromatic nitrogens is 6. The number of nitrogens with zero attached hydrogens (tertiary/aromatic N) is 8. The van der Waals surface area contributed by atoms with Crippen molar-refractivity contribution in [3.63, 3.8) is 0 Å². The summed E-state index contributed by atoms with van der Waals surface area (Å²) in [6.07, 6.45) is 9.40. The molecule has 3 aliphatic rings. The SMILES string of the molecule is CC1(C)CC(Nc2nc(Nc3cc(-n4cnnn4)c(C4CC4)cc3F)ncc2C#N)CC2CCCN21. The number of tetrazole rings is 1. The lowest BCUT2D eigenvalue weighted by Crippen LogP contribution is -2.55. The lowest BCUT2D eigenvalue weighted by atomic mass is 9.84. The highest BCUT2D eigenvalue weighted by molar-refractivity contribution is 5.63. The fraction of sp³-hybridized carbons (Fsp3) is 0.520. The van der Waals surface area contributed by atoms with Crippen molar-refractivity contribution >= 4 is 17.5 Å². The number of hydrogen-bond acceptors (Lipinski definition) is 9. The van der Waals surface area contributed by atoms with Crippen LogP contribution in [0, 0.1) is 17.1 Å². The van der Waals surface area contributed by atoms with E-state index in [1.54, 1.807) is 10.7 Å². The maximum Gasteiger partial charge on any atom is 0.229 e. The maximum atomic E-state index is 15.1. The molecule has 1 saturated carbocycles. The van der Waals surface area contributed by atoms with Crippen molar-refractivity contribution in [1.82, 2.24) is 35.1 Å². The van der Waals surface area contributed by atoms with Gasteiger partial charge < -0.3 is 10.6 Å². The van der Waals surface area contributed by atoms with E-state index in [0.29, 0.717) is 23.3 Å². The minimum atomic E-state index is -0.397. The van der Waals surface area contributed by atoms with E-state index < -0.39 is 5.82 Å². The summed E-state index contributed by atoms with van der Waals surface area (Å²) in [4.78, 5) is 11.5. The quantitative estimate of drug-likeness (QED) is 0.532. The Balaban J connectivity index is 1.27. The van der Waals surface area contributed by atoms with Crippen LogP contribution in [0.3, 0.4) is 0 Å². The van der Waals surface area contributed by atoms with Gasteiger partial charge in [0.2, 0.25) is 5.95 Å². The largest absolute Gasteiger partial charge is 0.366 e. The first-order valence-corrected chi connectivity index (χ1v) is 12.6. The van der Waals surface area contributed by atoms with Crippen molar-refractivity contribution in [3.05, 3.63) is 41.6 Å². The van der Waals surface area contributed by atoms with Crippen LogP contribution in [0.1, 0.15) is 69.4 Å². The molecular weight excluding hydrogens is 459 g/mol. The Morgan fingerprint density at radius 3 is 2.83 bits per heavy atom. The number of anilines is 3. The Hall–Kier alpha value is -3.65. The summed E-state index contributed by atoms with van der Waals surface area (Å²) in [7, 11) is 0. The van der Waals surface area contributed by atoms with Gasteiger partial charge >= 0.3 is 0 Å². The van der Waals surface area contributed by atoms with E-state index in [0.717, 1.165) is 43.5 Å². The van der Waals surface area contributed by atoms with Gasteiger partial charge in [0.05, 0.1) is 17.6 Å². The third-order valence-corrected chi connectivity index (χ3v) is 7.68. The van der Waals surface area contributed by atoms with E-state index in [2.05, 4.69) is 60.9 Å². The molecule has 0 radical (unpaired) electrons. The fourth-order valence-electron chi connectivity index (χ4n) is 5.93. The molecule has 186 valence electrons. The summed E-state index contributed by atoms with van der Waals surface area (Å²) in [6, 6.07) is 6.14. The summed E-state index contributed by atoms with van der Waals surface area (Å²) >= 11 is 0. The summed E-state index contributed by atoms with van der Waals surface area (Å²) in [5.41, 5.74) is 2.28. The zero-order chi connectivity index (χ0) is 24.9. The fourth-order valence-corrected chi connectivity index (χ4v) is 5.93. The van der Waals surface area contributed by atoms with Crippen molar-refractivity contribution in [2.45, 2.75) is 75.9 Å². The van der Waals surface area contributed by atoms with Gasteiger partial charge in [-0.05, 0) is 93.0 Å². The number of rotatable bonds is 6. The average Bonchev–Trinajstić information content (AvgIpc) is 3.32. The zero-order valence-electron chi connectivity index (χ0n) is 20.4. The molecule has 0 bridgehead atoms. The molecule has 2 aliphatic heterocycles. The first kappa shape index (κ1) is 22.8. The van der Waals surface area contributed by atoms with Gasteiger partial charge in [0.1, 0.15) is 29.6 Å². The number of nitriles is 1. The van der Waals surface area contributed by atoms with E-state index >= 15 is 4.39 Å². The number of nitrogens with one attached hydrogen (secondary N) is 2. The van der Waals surface area contributed by atoms with Gasteiger partial charge in [-0.3, -0.25) is 4.90 Å². The van der Waals surface area contributed by atoms with Crippen LogP contribution in [0.2, 0.25) is 0 Å². The molecule has 2 saturated heterocycles. The minimum absolute atomic E-state index is 0.0804. The molecule has 0 spiro atoms. The van der Waals surface area contributed by atoms with Gasteiger partial charge in [-0.25, -0.2) is 14.1 Å². The van der Waals surface area contributed by atoms with E-state index in [1.807, 2.05) is 0 Å².